The number of nitrogens with one attached hydrogen (secondary N) is 1. The summed E-state index contributed by atoms with van der Waals surface area (Å²) in [4.78, 5) is 41.1. The molecule has 7 nitrogen and oxygen atoms in total. The predicted molar refractivity (Wildman–Crippen MR) is 150 cm³/mol. The zero-order valence-corrected chi connectivity index (χ0v) is 23.2. The molecule has 1 saturated heterocycles. The molecule has 0 aromatic heterocycles. The largest absolute Gasteiger partial charge is 0.497 e. The van der Waals surface area contributed by atoms with Crippen molar-refractivity contribution in [2.45, 2.75) is 71.9 Å². The van der Waals surface area contributed by atoms with Crippen LogP contribution in [0.4, 0.5) is 0 Å². The molecule has 2 unspecified atom stereocenters. The van der Waals surface area contributed by atoms with Gasteiger partial charge in [-0.05, 0) is 72.9 Å². The Bertz CT molecular complexity index is 1080. The monoisotopic (exact) mass is 521 g/mol. The van der Waals surface area contributed by atoms with Crippen LogP contribution in [0.15, 0.2) is 48.5 Å². The molecule has 3 amide bonds. The molecule has 1 aliphatic heterocycles. The minimum absolute atomic E-state index is 0.0693. The van der Waals surface area contributed by atoms with Gasteiger partial charge in [0.2, 0.25) is 17.7 Å². The maximum Gasteiger partial charge on any atom is 0.245 e. The number of amides is 3. The Kier molecular flexibility index (Phi) is 10.7. The summed E-state index contributed by atoms with van der Waals surface area (Å²) in [5, 5.41) is 3.02. The Morgan fingerprint density at radius 3 is 2.45 bits per heavy atom. The molecule has 3 rings (SSSR count). The fourth-order valence-corrected chi connectivity index (χ4v) is 5.34. The molecule has 1 heterocycles. The predicted octanol–water partition coefficient (Wildman–Crippen LogP) is 4.92. The van der Waals surface area contributed by atoms with Crippen molar-refractivity contribution in [3.63, 3.8) is 0 Å². The average Bonchev–Trinajstić information content (AvgIpc) is 3.07. The topological polar surface area (TPSA) is 102 Å². The molecule has 1 aliphatic rings. The van der Waals surface area contributed by atoms with Crippen molar-refractivity contribution in [2.24, 2.45) is 23.5 Å². The van der Waals surface area contributed by atoms with E-state index >= 15 is 0 Å². The summed E-state index contributed by atoms with van der Waals surface area (Å²) in [6.07, 6.45) is 4.21. The number of rotatable bonds is 12. The number of nitrogens with two attached hydrogens (primary N) is 1. The van der Waals surface area contributed by atoms with E-state index in [0.29, 0.717) is 32.4 Å². The van der Waals surface area contributed by atoms with Gasteiger partial charge in [-0.1, -0.05) is 57.5 Å². The van der Waals surface area contributed by atoms with Gasteiger partial charge in [0, 0.05) is 24.9 Å². The highest BCUT2D eigenvalue weighted by Crippen LogP contribution is 2.27. The summed E-state index contributed by atoms with van der Waals surface area (Å²) in [6, 6.07) is 15.5. The number of carbonyl (C=O) groups is 3. The van der Waals surface area contributed by atoms with Crippen LogP contribution in [0.1, 0.15) is 64.9 Å². The lowest BCUT2D eigenvalue weighted by molar-refractivity contribution is -0.139. The summed E-state index contributed by atoms with van der Waals surface area (Å²) >= 11 is 0. The molecular formula is C31H43N3O4. The number of ether oxygens (including phenoxy) is 1. The molecule has 38 heavy (non-hydrogen) atoms. The third-order valence-electron chi connectivity index (χ3n) is 7.33. The van der Waals surface area contributed by atoms with Gasteiger partial charge in [-0.15, -0.1) is 0 Å². The number of methoxy groups -OCH3 is 1. The van der Waals surface area contributed by atoms with Gasteiger partial charge in [0.05, 0.1) is 7.11 Å². The first-order valence-electron chi connectivity index (χ1n) is 13.8. The van der Waals surface area contributed by atoms with Gasteiger partial charge in [0.25, 0.3) is 0 Å². The first kappa shape index (κ1) is 29.2. The van der Waals surface area contributed by atoms with Crippen LogP contribution in [0.5, 0.6) is 5.75 Å². The average molecular weight is 522 g/mol. The van der Waals surface area contributed by atoms with Crippen molar-refractivity contribution in [2.75, 3.05) is 13.7 Å². The second kappa shape index (κ2) is 14.0. The maximum absolute atomic E-state index is 13.6. The van der Waals surface area contributed by atoms with Crippen LogP contribution in [0.3, 0.4) is 0 Å². The SMILES string of the molecule is CCC[C@H](C(N)=O)C(CC(C)C)C(=O)NC1CCCCN(Cc2cccc(-c3ccc(OC)cc3)c2)C1=O. The zero-order chi connectivity index (χ0) is 27.7. The molecular weight excluding hydrogens is 478 g/mol. The van der Waals surface area contributed by atoms with Crippen LogP contribution in [-0.2, 0) is 20.9 Å². The van der Waals surface area contributed by atoms with E-state index in [1.165, 1.54) is 0 Å². The second-order valence-corrected chi connectivity index (χ2v) is 10.8. The van der Waals surface area contributed by atoms with Gasteiger partial charge in [-0.2, -0.15) is 0 Å². The summed E-state index contributed by atoms with van der Waals surface area (Å²) in [6.45, 7) is 7.17. The normalized spacial score (nSPS) is 17.6. The van der Waals surface area contributed by atoms with Crippen molar-refractivity contribution >= 4 is 17.7 Å². The van der Waals surface area contributed by atoms with E-state index in [1.807, 2.05) is 62.1 Å². The molecule has 7 heteroatoms. The molecule has 2 aromatic carbocycles. The van der Waals surface area contributed by atoms with Crippen molar-refractivity contribution in [1.29, 1.82) is 0 Å². The lowest BCUT2D eigenvalue weighted by atomic mass is 9.81. The third-order valence-corrected chi connectivity index (χ3v) is 7.33. The number of hydrogen-bond donors (Lipinski definition) is 2. The maximum atomic E-state index is 13.6. The molecule has 0 spiro atoms. The Morgan fingerprint density at radius 1 is 1.08 bits per heavy atom. The van der Waals surface area contributed by atoms with E-state index in [0.717, 1.165) is 41.7 Å². The molecule has 1 fully saturated rings. The summed E-state index contributed by atoms with van der Waals surface area (Å²) in [5.41, 5.74) is 8.88. The van der Waals surface area contributed by atoms with Crippen LogP contribution < -0.4 is 15.8 Å². The van der Waals surface area contributed by atoms with Gasteiger partial charge >= 0.3 is 0 Å². The van der Waals surface area contributed by atoms with Crippen molar-refractivity contribution < 1.29 is 19.1 Å². The van der Waals surface area contributed by atoms with E-state index < -0.39 is 23.8 Å². The number of likely N-dealkylation sites (tertiary alicyclic amines) is 1. The highest BCUT2D eigenvalue weighted by molar-refractivity contribution is 5.91. The molecule has 0 aliphatic carbocycles. The lowest BCUT2D eigenvalue weighted by Gasteiger charge is -2.29. The van der Waals surface area contributed by atoms with Crippen molar-refractivity contribution in [1.82, 2.24) is 10.2 Å². The second-order valence-electron chi connectivity index (χ2n) is 10.8. The number of hydrogen-bond acceptors (Lipinski definition) is 4. The number of primary amides is 1. The van der Waals surface area contributed by atoms with E-state index in [1.54, 1.807) is 7.11 Å². The van der Waals surface area contributed by atoms with Crippen LogP contribution in [0, 0.1) is 17.8 Å². The molecule has 3 atom stereocenters. The Hall–Kier alpha value is -3.35. The summed E-state index contributed by atoms with van der Waals surface area (Å²) in [5.74, 6) is -0.779. The lowest BCUT2D eigenvalue weighted by Crippen LogP contribution is -2.50. The molecule has 3 N–H and O–H groups in total. The van der Waals surface area contributed by atoms with Gasteiger partial charge in [-0.3, -0.25) is 14.4 Å². The molecule has 0 saturated carbocycles. The van der Waals surface area contributed by atoms with Crippen molar-refractivity contribution in [3.8, 4) is 16.9 Å². The molecule has 0 radical (unpaired) electrons. The first-order chi connectivity index (χ1) is 18.2. The van der Waals surface area contributed by atoms with Crippen molar-refractivity contribution in [3.05, 3.63) is 54.1 Å². The third kappa shape index (κ3) is 7.83. The number of carbonyl (C=O) groups excluding carboxylic acids is 3. The first-order valence-corrected chi connectivity index (χ1v) is 13.8. The molecule has 0 bridgehead atoms. The Morgan fingerprint density at radius 2 is 1.82 bits per heavy atom. The van der Waals surface area contributed by atoms with Gasteiger partial charge in [0.15, 0.2) is 0 Å². The fourth-order valence-electron chi connectivity index (χ4n) is 5.34. The highest BCUT2D eigenvalue weighted by Gasteiger charge is 2.35. The molecule has 2 aromatic rings. The Balaban J connectivity index is 1.74. The smallest absolute Gasteiger partial charge is 0.245 e. The van der Waals surface area contributed by atoms with E-state index in [4.69, 9.17) is 10.5 Å². The van der Waals surface area contributed by atoms with Gasteiger partial charge in [-0.25, -0.2) is 0 Å². The van der Waals surface area contributed by atoms with Gasteiger partial charge < -0.3 is 20.7 Å². The summed E-state index contributed by atoms with van der Waals surface area (Å²) < 4.78 is 5.26. The van der Waals surface area contributed by atoms with Gasteiger partial charge in [0.1, 0.15) is 11.8 Å². The summed E-state index contributed by atoms with van der Waals surface area (Å²) in [7, 11) is 1.65. The van der Waals surface area contributed by atoms with E-state index in [9.17, 15) is 14.4 Å². The van der Waals surface area contributed by atoms with Crippen LogP contribution >= 0.6 is 0 Å². The standard InChI is InChI=1S/C31H43N3O4/c1-5-9-26(29(32)35)27(18-21(2)3)30(36)33-28-12-6-7-17-34(31(28)37)20-22-10-8-11-24(19-22)23-13-15-25(38-4)16-14-23/h8,10-11,13-16,19,21,26-28H,5-7,9,12,17-18,20H2,1-4H3,(H2,32,35)(H,33,36)/t26-,27?,28?/m0/s1. The highest BCUT2D eigenvalue weighted by atomic mass is 16.5. The fraction of sp³-hybridized carbons (Fsp3) is 0.516. The quantitative estimate of drug-likeness (QED) is 0.414. The number of nitrogens with zero attached hydrogens (tertiary/aromatic N) is 1. The molecule has 206 valence electrons. The Labute approximate surface area is 227 Å². The van der Waals surface area contributed by atoms with E-state index in [-0.39, 0.29) is 17.7 Å². The van der Waals surface area contributed by atoms with Crippen LogP contribution in [0.25, 0.3) is 11.1 Å². The van der Waals surface area contributed by atoms with Crippen LogP contribution in [0.2, 0.25) is 0 Å². The van der Waals surface area contributed by atoms with E-state index in [2.05, 4.69) is 17.4 Å². The minimum Gasteiger partial charge on any atom is -0.497 e. The number of benzene rings is 2. The zero-order valence-electron chi connectivity index (χ0n) is 23.2. The van der Waals surface area contributed by atoms with Crippen LogP contribution in [-0.4, -0.2) is 42.3 Å². The minimum atomic E-state index is -0.598.